The van der Waals surface area contributed by atoms with Gasteiger partial charge in [0.2, 0.25) is 11.4 Å². The highest BCUT2D eigenvalue weighted by Gasteiger charge is 2.28. The second kappa shape index (κ2) is 11.8. The highest BCUT2D eigenvalue weighted by molar-refractivity contribution is 6.09. The van der Waals surface area contributed by atoms with Crippen molar-refractivity contribution in [2.24, 2.45) is 0 Å². The third kappa shape index (κ3) is 4.57. The van der Waals surface area contributed by atoms with Crippen LogP contribution in [0, 0.1) is 41.7 Å². The molecule has 0 spiro atoms. The van der Waals surface area contributed by atoms with Gasteiger partial charge in [0, 0.05) is 40.3 Å². The quantitative estimate of drug-likeness (QED) is 0.170. The molecule has 1 aliphatic carbocycles. The fourth-order valence-corrected chi connectivity index (χ4v) is 8.71. The maximum atomic E-state index is 2.44. The molecule has 53 heavy (non-hydrogen) atoms. The summed E-state index contributed by atoms with van der Waals surface area (Å²) in [6.45, 7) is 0.758. The first-order valence-corrected chi connectivity index (χ1v) is 18.3. The van der Waals surface area contributed by atoms with Crippen molar-refractivity contribution in [2.75, 3.05) is 11.4 Å². The number of hydrogen-bond donors (Lipinski definition) is 0. The average molecular weight is 677 g/mol. The smallest absolute Gasteiger partial charge is 0.235 e. The van der Waals surface area contributed by atoms with Crippen molar-refractivity contribution in [1.29, 1.82) is 0 Å². The molecule has 2 aliphatic rings. The molecular weight excluding hydrogens is 643 g/mol. The van der Waals surface area contributed by atoms with E-state index in [1.54, 1.807) is 0 Å². The van der Waals surface area contributed by atoms with Crippen molar-refractivity contribution in [2.45, 2.75) is 0 Å². The fourth-order valence-electron chi connectivity index (χ4n) is 8.71. The first-order valence-electron chi connectivity index (χ1n) is 18.3. The number of para-hydroxylation sites is 4. The Hall–Kier alpha value is -6.97. The zero-order chi connectivity index (χ0) is 34.9. The van der Waals surface area contributed by atoms with E-state index < -0.39 is 0 Å². The number of rotatable bonds is 3. The van der Waals surface area contributed by atoms with Gasteiger partial charge in [-0.2, -0.15) is 4.58 Å². The van der Waals surface area contributed by atoms with Crippen molar-refractivity contribution in [3.05, 3.63) is 230 Å². The molecule has 11 rings (SSSR count). The van der Waals surface area contributed by atoms with Crippen molar-refractivity contribution in [1.82, 2.24) is 9.14 Å². The number of hydrogen-bond acceptors (Lipinski definition) is 1. The molecule has 0 atom stereocenters. The van der Waals surface area contributed by atoms with Crippen LogP contribution in [0.5, 0.6) is 0 Å². The van der Waals surface area contributed by atoms with E-state index in [1.807, 2.05) is 0 Å². The highest BCUT2D eigenvalue weighted by atomic mass is 15.2. The Labute approximate surface area is 305 Å². The van der Waals surface area contributed by atoms with Gasteiger partial charge in [0.15, 0.2) is 6.21 Å². The summed E-state index contributed by atoms with van der Waals surface area (Å²) in [6.07, 6.45) is 2.31. The van der Waals surface area contributed by atoms with E-state index in [0.29, 0.717) is 0 Å². The monoisotopic (exact) mass is 676 g/mol. The van der Waals surface area contributed by atoms with Crippen LogP contribution in [0.3, 0.4) is 0 Å². The first kappa shape index (κ1) is 29.7. The number of anilines is 2. The van der Waals surface area contributed by atoms with E-state index in [2.05, 4.69) is 208 Å². The Morgan fingerprint density at radius 1 is 0.377 bits per heavy atom. The van der Waals surface area contributed by atoms with Gasteiger partial charge in [-0.3, -0.25) is 0 Å². The van der Waals surface area contributed by atoms with Crippen LogP contribution >= 0.6 is 0 Å². The molecule has 0 amide bonds. The molecule has 0 N–H and O–H groups in total. The van der Waals surface area contributed by atoms with Crippen LogP contribution in [0.15, 0.2) is 188 Å². The normalized spacial score (nSPS) is 12.9. The predicted octanol–water partition coefficient (Wildman–Crippen LogP) is 11.3. The average Bonchev–Trinajstić information content (AvgIpc) is 3.57. The molecule has 1 aliphatic heterocycles. The van der Waals surface area contributed by atoms with E-state index in [9.17, 15) is 0 Å². The zero-order valence-electron chi connectivity index (χ0n) is 29.0. The second-order valence-corrected chi connectivity index (χ2v) is 13.9. The van der Waals surface area contributed by atoms with E-state index >= 15 is 0 Å². The molecule has 9 aromatic rings. The maximum absolute atomic E-state index is 2.44. The topological polar surface area (TPSA) is 11.2 Å². The maximum Gasteiger partial charge on any atom is 0.235 e. The lowest BCUT2D eigenvalue weighted by Gasteiger charge is -2.27. The molecule has 248 valence electrons. The molecule has 0 bridgehead atoms. The van der Waals surface area contributed by atoms with Crippen molar-refractivity contribution in [3.8, 4) is 5.69 Å². The van der Waals surface area contributed by atoms with Crippen LogP contribution in [0.2, 0.25) is 0 Å². The summed E-state index contributed by atoms with van der Waals surface area (Å²) in [5.74, 6) is 0. The van der Waals surface area contributed by atoms with Crippen molar-refractivity contribution >= 4 is 50.8 Å². The van der Waals surface area contributed by atoms with Gasteiger partial charge in [0.05, 0.1) is 11.0 Å². The molecule has 3 nitrogen and oxygen atoms in total. The van der Waals surface area contributed by atoms with Gasteiger partial charge in [-0.25, -0.2) is 0 Å². The third-order valence-corrected chi connectivity index (χ3v) is 11.1. The summed E-state index contributed by atoms with van der Waals surface area (Å²) >= 11 is 0. The molecular formula is C50H34N3+. The minimum Gasteiger partial charge on any atom is -0.326 e. The SMILES string of the molecule is C1=[N+](c2ccccc2)c2cc3c(cc2N(c2ccccc2)C1)=c1ccccc1=c1cc(-n2c4ccccc4c4ccccc42)ccc1=c1ccccc1=3. The first-order chi connectivity index (χ1) is 26.3. The van der Waals surface area contributed by atoms with Crippen LogP contribution in [0.4, 0.5) is 22.7 Å². The molecule has 0 saturated heterocycles. The van der Waals surface area contributed by atoms with E-state index in [4.69, 9.17) is 0 Å². The second-order valence-electron chi connectivity index (χ2n) is 13.9. The van der Waals surface area contributed by atoms with E-state index in [1.165, 1.54) is 80.6 Å². The van der Waals surface area contributed by atoms with Gasteiger partial charge < -0.3 is 9.47 Å². The van der Waals surface area contributed by atoms with Crippen molar-refractivity contribution < 1.29 is 0 Å². The molecule has 0 unspecified atom stereocenters. The number of aromatic nitrogens is 1. The molecule has 2 heterocycles. The summed E-state index contributed by atoms with van der Waals surface area (Å²) in [7, 11) is 0. The highest BCUT2D eigenvalue weighted by Crippen LogP contribution is 2.39. The lowest BCUT2D eigenvalue weighted by Crippen LogP contribution is -2.29. The molecule has 3 heteroatoms. The van der Waals surface area contributed by atoms with E-state index in [0.717, 1.165) is 17.9 Å². The van der Waals surface area contributed by atoms with Gasteiger partial charge in [-0.05, 0) is 84.2 Å². The van der Waals surface area contributed by atoms with Gasteiger partial charge in [-0.15, -0.1) is 0 Å². The van der Waals surface area contributed by atoms with E-state index in [-0.39, 0.29) is 0 Å². The van der Waals surface area contributed by atoms with Crippen LogP contribution in [0.25, 0.3) is 27.5 Å². The third-order valence-electron chi connectivity index (χ3n) is 11.1. The Kier molecular flexibility index (Phi) is 6.62. The predicted molar refractivity (Wildman–Crippen MR) is 218 cm³/mol. The Bertz CT molecular complexity index is 3320. The number of fused-ring (bicyclic) bond motifs is 8. The summed E-state index contributed by atoms with van der Waals surface area (Å²) < 4.78 is 4.79. The lowest BCUT2D eigenvalue weighted by atomic mass is 9.99. The van der Waals surface area contributed by atoms with Gasteiger partial charge in [0.1, 0.15) is 12.2 Å². The lowest BCUT2D eigenvalue weighted by molar-refractivity contribution is 0.994. The zero-order valence-corrected chi connectivity index (χ0v) is 29.0. The molecule has 0 fully saturated rings. The minimum atomic E-state index is 0.758. The van der Waals surface area contributed by atoms with Crippen LogP contribution in [0.1, 0.15) is 0 Å². The van der Waals surface area contributed by atoms with Crippen molar-refractivity contribution in [3.63, 3.8) is 0 Å². The number of nitrogens with zero attached hydrogens (tertiary/aromatic N) is 3. The molecule has 8 aromatic carbocycles. The minimum absolute atomic E-state index is 0.758. The number of benzene rings is 8. The van der Waals surface area contributed by atoms with Crippen LogP contribution in [-0.2, 0) is 0 Å². The van der Waals surface area contributed by atoms with Gasteiger partial charge >= 0.3 is 0 Å². The molecule has 1 aromatic heterocycles. The Morgan fingerprint density at radius 2 is 0.868 bits per heavy atom. The summed E-state index contributed by atoms with van der Waals surface area (Å²) in [5, 5.41) is 12.4. The van der Waals surface area contributed by atoms with Crippen LogP contribution in [-0.4, -0.2) is 17.3 Å². The fraction of sp³-hybridized carbons (Fsp3) is 0.0200. The summed E-state index contributed by atoms with van der Waals surface area (Å²) in [4.78, 5) is 2.44. The largest absolute Gasteiger partial charge is 0.326 e. The molecule has 0 saturated carbocycles. The summed E-state index contributed by atoms with van der Waals surface area (Å²) in [6, 6.07) is 68.9. The summed E-state index contributed by atoms with van der Waals surface area (Å²) in [5.41, 5.74) is 8.27. The van der Waals surface area contributed by atoms with Gasteiger partial charge in [-0.1, -0.05) is 127 Å². The standard InChI is InChI=1S/C50H34N3/c1-3-15-34(16-4-1)51-29-30-52(35-17-5-2-6-18-35)50-33-46-40-22-10-9-21-39(40)44-31-36(53-47-25-13-11-23-42(47)43-24-12-14-26-48(43)53)27-28-41(44)37-19-7-8-20-38(37)45(46)32-49(50)51/h1-29,31-33H,30H2/q+1. The van der Waals surface area contributed by atoms with Gasteiger partial charge in [0.25, 0.3) is 0 Å². The van der Waals surface area contributed by atoms with Crippen LogP contribution < -0.4 is 9.48 Å². The Balaban J connectivity index is 1.33. The molecule has 0 radical (unpaired) electrons. The Morgan fingerprint density at radius 3 is 1.51 bits per heavy atom.